The number of hydrogen-bond acceptors (Lipinski definition) is 3. The molecule has 1 aromatic heterocycles. The highest BCUT2D eigenvalue weighted by Gasteiger charge is 2.14. The number of guanidine groups is 1. The van der Waals surface area contributed by atoms with Gasteiger partial charge in [-0.15, -0.1) is 24.0 Å². The van der Waals surface area contributed by atoms with E-state index in [0.29, 0.717) is 19.2 Å². The standard InChI is InChI=1S/C17H28N4O.HI/c1-22-14-13-20-17(21-16-8-3-2-4-9-16)19-12-10-15-7-5-6-11-18-15;/h5-7,11,16H,2-4,8-10,12-14H2,1H3,(H2,19,20,21);1H. The first-order valence-electron chi connectivity index (χ1n) is 8.32. The van der Waals surface area contributed by atoms with Crippen LogP contribution in [0.15, 0.2) is 29.4 Å². The largest absolute Gasteiger partial charge is 0.383 e. The molecule has 0 aliphatic heterocycles. The Balaban J connectivity index is 0.00000264. The van der Waals surface area contributed by atoms with Crippen LogP contribution in [-0.4, -0.2) is 43.8 Å². The first kappa shape index (κ1) is 20.2. The van der Waals surface area contributed by atoms with Gasteiger partial charge in [-0.05, 0) is 25.0 Å². The van der Waals surface area contributed by atoms with E-state index < -0.39 is 0 Å². The van der Waals surface area contributed by atoms with Gasteiger partial charge in [0, 0.05) is 38.0 Å². The van der Waals surface area contributed by atoms with Crippen molar-refractivity contribution in [2.24, 2.45) is 4.99 Å². The summed E-state index contributed by atoms with van der Waals surface area (Å²) in [5, 5.41) is 6.98. The van der Waals surface area contributed by atoms with Crippen LogP contribution in [0.1, 0.15) is 37.8 Å². The maximum atomic E-state index is 5.08. The van der Waals surface area contributed by atoms with Gasteiger partial charge >= 0.3 is 0 Å². The first-order valence-corrected chi connectivity index (χ1v) is 8.32. The number of nitrogens with zero attached hydrogens (tertiary/aromatic N) is 2. The second kappa shape index (κ2) is 12.5. The van der Waals surface area contributed by atoms with E-state index in [1.165, 1.54) is 32.1 Å². The molecule has 1 aliphatic rings. The second-order valence-electron chi connectivity index (χ2n) is 5.70. The van der Waals surface area contributed by atoms with E-state index in [1.807, 2.05) is 18.3 Å². The van der Waals surface area contributed by atoms with Crippen LogP contribution >= 0.6 is 24.0 Å². The molecule has 0 atom stereocenters. The maximum absolute atomic E-state index is 5.08. The number of aromatic nitrogens is 1. The summed E-state index contributed by atoms with van der Waals surface area (Å²) >= 11 is 0. The Morgan fingerprint density at radius 1 is 1.30 bits per heavy atom. The van der Waals surface area contributed by atoms with Crippen LogP contribution in [0.25, 0.3) is 0 Å². The summed E-state index contributed by atoms with van der Waals surface area (Å²) in [5.74, 6) is 0.903. The molecule has 0 radical (unpaired) electrons. The maximum Gasteiger partial charge on any atom is 0.191 e. The van der Waals surface area contributed by atoms with Crippen LogP contribution in [0.5, 0.6) is 0 Å². The smallest absolute Gasteiger partial charge is 0.191 e. The molecule has 2 N–H and O–H groups in total. The van der Waals surface area contributed by atoms with Crippen LogP contribution in [0, 0.1) is 0 Å². The summed E-state index contributed by atoms with van der Waals surface area (Å²) < 4.78 is 5.08. The molecule has 1 aromatic rings. The number of nitrogens with one attached hydrogen (secondary N) is 2. The fraction of sp³-hybridized carbons (Fsp3) is 0.647. The zero-order valence-corrected chi connectivity index (χ0v) is 16.3. The minimum atomic E-state index is 0. The van der Waals surface area contributed by atoms with Crippen molar-refractivity contribution in [3.8, 4) is 0 Å². The van der Waals surface area contributed by atoms with Crippen LogP contribution in [0.2, 0.25) is 0 Å². The van der Waals surface area contributed by atoms with Crippen LogP contribution in [-0.2, 0) is 11.2 Å². The Morgan fingerprint density at radius 3 is 2.83 bits per heavy atom. The van der Waals surface area contributed by atoms with E-state index in [1.54, 1.807) is 7.11 Å². The number of aliphatic imine (C=N–C) groups is 1. The van der Waals surface area contributed by atoms with E-state index in [4.69, 9.17) is 4.74 Å². The van der Waals surface area contributed by atoms with E-state index in [2.05, 4.69) is 26.7 Å². The monoisotopic (exact) mass is 432 g/mol. The SMILES string of the molecule is COCCN=C(NCCc1ccccn1)NC1CCCCC1.I. The zero-order valence-electron chi connectivity index (χ0n) is 14.0. The second-order valence-corrected chi connectivity index (χ2v) is 5.70. The van der Waals surface area contributed by atoms with Crippen molar-refractivity contribution in [1.82, 2.24) is 15.6 Å². The van der Waals surface area contributed by atoms with Gasteiger partial charge in [0.05, 0.1) is 13.2 Å². The minimum Gasteiger partial charge on any atom is -0.383 e. The van der Waals surface area contributed by atoms with E-state index >= 15 is 0 Å². The van der Waals surface area contributed by atoms with Gasteiger partial charge < -0.3 is 15.4 Å². The molecule has 1 heterocycles. The van der Waals surface area contributed by atoms with Crippen LogP contribution in [0.4, 0.5) is 0 Å². The summed E-state index contributed by atoms with van der Waals surface area (Å²) in [6.45, 7) is 2.17. The van der Waals surface area contributed by atoms with Crippen molar-refractivity contribution in [2.75, 3.05) is 26.8 Å². The number of methoxy groups -OCH3 is 1. The van der Waals surface area contributed by atoms with Crippen molar-refractivity contribution in [2.45, 2.75) is 44.6 Å². The van der Waals surface area contributed by atoms with E-state index in [-0.39, 0.29) is 24.0 Å². The molecule has 5 nitrogen and oxygen atoms in total. The predicted octanol–water partition coefficient (Wildman–Crippen LogP) is 2.76. The normalized spacial score (nSPS) is 15.8. The predicted molar refractivity (Wildman–Crippen MR) is 106 cm³/mol. The third kappa shape index (κ3) is 8.50. The van der Waals surface area contributed by atoms with Gasteiger partial charge in [0.2, 0.25) is 0 Å². The highest BCUT2D eigenvalue weighted by atomic mass is 127. The quantitative estimate of drug-likeness (QED) is 0.301. The molecule has 2 rings (SSSR count). The highest BCUT2D eigenvalue weighted by molar-refractivity contribution is 14.0. The fourth-order valence-electron chi connectivity index (χ4n) is 2.70. The average molecular weight is 432 g/mol. The van der Waals surface area contributed by atoms with Gasteiger partial charge in [0.15, 0.2) is 5.96 Å². The fourth-order valence-corrected chi connectivity index (χ4v) is 2.70. The third-order valence-electron chi connectivity index (χ3n) is 3.91. The molecular weight excluding hydrogens is 403 g/mol. The topological polar surface area (TPSA) is 58.5 Å². The van der Waals surface area contributed by atoms with E-state index in [9.17, 15) is 0 Å². The first-order chi connectivity index (χ1) is 10.9. The van der Waals surface area contributed by atoms with Gasteiger partial charge in [0.1, 0.15) is 0 Å². The molecule has 1 saturated carbocycles. The molecule has 6 heteroatoms. The van der Waals surface area contributed by atoms with Gasteiger partial charge in [-0.25, -0.2) is 0 Å². The molecule has 130 valence electrons. The lowest BCUT2D eigenvalue weighted by molar-refractivity contribution is 0.207. The van der Waals surface area contributed by atoms with Crippen molar-refractivity contribution < 1.29 is 4.74 Å². The molecule has 1 fully saturated rings. The molecule has 0 aromatic carbocycles. The number of hydrogen-bond donors (Lipinski definition) is 2. The van der Waals surface area contributed by atoms with Gasteiger partial charge in [-0.3, -0.25) is 9.98 Å². The summed E-state index contributed by atoms with van der Waals surface area (Å²) in [6.07, 6.45) is 9.21. The molecule has 0 amide bonds. The van der Waals surface area contributed by atoms with Crippen molar-refractivity contribution in [3.63, 3.8) is 0 Å². The van der Waals surface area contributed by atoms with Crippen molar-refractivity contribution in [1.29, 1.82) is 0 Å². The number of halogens is 1. The lowest BCUT2D eigenvalue weighted by Crippen LogP contribution is -2.45. The van der Waals surface area contributed by atoms with Gasteiger partial charge in [0.25, 0.3) is 0 Å². The van der Waals surface area contributed by atoms with Crippen molar-refractivity contribution in [3.05, 3.63) is 30.1 Å². The van der Waals surface area contributed by atoms with Crippen LogP contribution < -0.4 is 10.6 Å². The third-order valence-corrected chi connectivity index (χ3v) is 3.91. The zero-order chi connectivity index (χ0) is 15.5. The summed E-state index contributed by atoms with van der Waals surface area (Å²) in [4.78, 5) is 8.93. The molecular formula is C17H29IN4O. The Hall–Kier alpha value is -0.890. The lowest BCUT2D eigenvalue weighted by Gasteiger charge is -2.25. The molecule has 0 saturated heterocycles. The minimum absolute atomic E-state index is 0. The lowest BCUT2D eigenvalue weighted by atomic mass is 9.96. The number of rotatable bonds is 7. The Bertz CT molecular complexity index is 435. The molecule has 0 spiro atoms. The Morgan fingerprint density at radius 2 is 2.13 bits per heavy atom. The molecule has 23 heavy (non-hydrogen) atoms. The Kier molecular flexibility index (Phi) is 11.0. The summed E-state index contributed by atoms with van der Waals surface area (Å²) in [6, 6.07) is 6.57. The van der Waals surface area contributed by atoms with E-state index in [0.717, 1.165) is 24.6 Å². The highest BCUT2D eigenvalue weighted by Crippen LogP contribution is 2.17. The van der Waals surface area contributed by atoms with Crippen molar-refractivity contribution >= 4 is 29.9 Å². The molecule has 0 bridgehead atoms. The molecule has 0 unspecified atom stereocenters. The summed E-state index contributed by atoms with van der Waals surface area (Å²) in [5.41, 5.74) is 1.10. The van der Waals surface area contributed by atoms with Gasteiger partial charge in [-0.2, -0.15) is 0 Å². The summed E-state index contributed by atoms with van der Waals surface area (Å²) in [7, 11) is 1.71. The average Bonchev–Trinajstić information content (AvgIpc) is 2.57. The van der Waals surface area contributed by atoms with Crippen LogP contribution in [0.3, 0.4) is 0 Å². The molecule has 1 aliphatic carbocycles. The Labute approximate surface area is 156 Å². The number of ether oxygens (including phenoxy) is 1. The van der Waals surface area contributed by atoms with Gasteiger partial charge in [-0.1, -0.05) is 25.3 Å². The number of pyridine rings is 1.